The molecule has 1 amide bonds. The van der Waals surface area contributed by atoms with Gasteiger partial charge in [-0.1, -0.05) is 23.7 Å². The molecule has 2 aromatic rings. The lowest BCUT2D eigenvalue weighted by Crippen LogP contribution is -2.27. The van der Waals surface area contributed by atoms with Crippen molar-refractivity contribution in [1.82, 2.24) is 5.12 Å². The van der Waals surface area contributed by atoms with E-state index in [0.29, 0.717) is 21.2 Å². The number of carbonyl (C=O) groups is 1. The molecule has 0 saturated heterocycles. The number of nitrogens with zero attached hydrogens (tertiary/aromatic N) is 2. The van der Waals surface area contributed by atoms with Crippen molar-refractivity contribution in [3.8, 4) is 0 Å². The molecule has 1 aromatic heterocycles. The number of amides is 1. The number of nitrogens with two attached hydrogens (primary N) is 2. The highest BCUT2D eigenvalue weighted by Crippen LogP contribution is 2.25. The molecule has 1 heterocycles. The normalized spacial score (nSPS) is 11.3. The molecule has 0 fully saturated rings. The fraction of sp³-hybridized carbons (Fsp3) is 0.0769. The summed E-state index contributed by atoms with van der Waals surface area (Å²) in [6.45, 7) is 0. The predicted molar refractivity (Wildman–Crippen MR) is 86.4 cm³/mol. The van der Waals surface area contributed by atoms with Crippen LogP contribution in [0.3, 0.4) is 0 Å². The lowest BCUT2D eigenvalue weighted by Gasteiger charge is -2.13. The summed E-state index contributed by atoms with van der Waals surface area (Å²) >= 11 is 7.49. The van der Waals surface area contributed by atoms with Gasteiger partial charge < -0.3 is 11.1 Å². The minimum Gasteiger partial charge on any atom is -0.382 e. The molecule has 0 atom stereocenters. The summed E-state index contributed by atoms with van der Waals surface area (Å²) in [6, 6.07) is 8.62. The van der Waals surface area contributed by atoms with E-state index in [0.717, 1.165) is 5.12 Å². The molecule has 5 N–H and O–H groups in total. The van der Waals surface area contributed by atoms with Crippen molar-refractivity contribution in [2.75, 3.05) is 12.4 Å². The molecule has 0 aliphatic heterocycles. The maximum Gasteiger partial charge on any atom is 0.265 e. The van der Waals surface area contributed by atoms with Crippen molar-refractivity contribution in [2.45, 2.75) is 0 Å². The predicted octanol–water partition coefficient (Wildman–Crippen LogP) is 2.08. The Hall–Kier alpha value is -2.09. The summed E-state index contributed by atoms with van der Waals surface area (Å²) in [7, 11) is 1.54. The van der Waals surface area contributed by atoms with E-state index in [-0.39, 0.29) is 11.7 Å². The fourth-order valence-corrected chi connectivity index (χ4v) is 2.59. The van der Waals surface area contributed by atoms with E-state index >= 15 is 0 Å². The molecule has 6 nitrogen and oxygen atoms in total. The molecular formula is C13H14ClN5OS. The van der Waals surface area contributed by atoms with Gasteiger partial charge in [-0.05, 0) is 23.6 Å². The van der Waals surface area contributed by atoms with Crippen molar-refractivity contribution in [1.29, 1.82) is 0 Å². The number of rotatable bonds is 4. The molecule has 21 heavy (non-hydrogen) atoms. The molecule has 0 aliphatic carbocycles. The van der Waals surface area contributed by atoms with Gasteiger partial charge in [-0.2, -0.15) is 0 Å². The van der Waals surface area contributed by atoms with Gasteiger partial charge in [0.1, 0.15) is 0 Å². The van der Waals surface area contributed by atoms with Crippen LogP contribution < -0.4 is 16.9 Å². The quantitative estimate of drug-likeness (QED) is 0.347. The van der Waals surface area contributed by atoms with Gasteiger partial charge in [0.05, 0.1) is 21.2 Å². The number of thiophene rings is 1. The third kappa shape index (κ3) is 3.72. The van der Waals surface area contributed by atoms with Crippen LogP contribution in [-0.4, -0.2) is 23.9 Å². The number of hydrogen-bond acceptors (Lipinski definition) is 5. The second-order valence-corrected chi connectivity index (χ2v) is 5.51. The Bertz CT molecular complexity index is 669. The van der Waals surface area contributed by atoms with E-state index in [1.807, 2.05) is 5.38 Å². The highest BCUT2D eigenvalue weighted by molar-refractivity contribution is 7.12. The van der Waals surface area contributed by atoms with Gasteiger partial charge in [0.25, 0.3) is 5.91 Å². The Morgan fingerprint density at radius 3 is 2.76 bits per heavy atom. The van der Waals surface area contributed by atoms with Crippen LogP contribution >= 0.6 is 22.9 Å². The van der Waals surface area contributed by atoms with Crippen molar-refractivity contribution < 1.29 is 4.79 Å². The topological polar surface area (TPSA) is 96.7 Å². The van der Waals surface area contributed by atoms with Crippen LogP contribution in [0.5, 0.6) is 0 Å². The summed E-state index contributed by atoms with van der Waals surface area (Å²) in [5, 5.41) is 9.96. The number of halogens is 1. The number of anilines is 1. The zero-order valence-corrected chi connectivity index (χ0v) is 12.8. The number of carbonyl (C=O) groups excluding carboxylic acids is 1. The molecule has 110 valence electrons. The second kappa shape index (κ2) is 6.57. The van der Waals surface area contributed by atoms with E-state index in [4.69, 9.17) is 23.2 Å². The van der Waals surface area contributed by atoms with E-state index in [9.17, 15) is 4.79 Å². The van der Waals surface area contributed by atoms with Crippen LogP contribution in [0.2, 0.25) is 5.02 Å². The molecule has 0 saturated carbocycles. The van der Waals surface area contributed by atoms with Gasteiger partial charge in [-0.3, -0.25) is 4.79 Å². The van der Waals surface area contributed by atoms with E-state index in [1.54, 1.807) is 30.3 Å². The molecule has 0 spiro atoms. The Labute approximate surface area is 131 Å². The monoisotopic (exact) mass is 323 g/mol. The summed E-state index contributed by atoms with van der Waals surface area (Å²) in [5.74, 6) is 5.33. The second-order valence-electron chi connectivity index (χ2n) is 4.15. The number of benzene rings is 1. The number of hydrazine groups is 1. The first-order valence-corrected chi connectivity index (χ1v) is 7.21. The third-order valence-corrected chi connectivity index (χ3v) is 3.71. The molecule has 0 bridgehead atoms. The Morgan fingerprint density at radius 2 is 2.14 bits per heavy atom. The summed E-state index contributed by atoms with van der Waals surface area (Å²) in [4.78, 5) is 12.7. The average molecular weight is 324 g/mol. The Morgan fingerprint density at radius 1 is 1.38 bits per heavy atom. The molecule has 8 heteroatoms. The molecular weight excluding hydrogens is 310 g/mol. The van der Waals surface area contributed by atoms with Crippen LogP contribution in [0, 0.1) is 0 Å². The molecule has 0 radical (unpaired) electrons. The number of hydrazone groups is 1. The largest absolute Gasteiger partial charge is 0.382 e. The lowest BCUT2D eigenvalue weighted by molar-refractivity contribution is 0.103. The first kappa shape index (κ1) is 15.3. The maximum absolute atomic E-state index is 12.1. The van der Waals surface area contributed by atoms with Crippen LogP contribution in [0.1, 0.15) is 15.2 Å². The zero-order chi connectivity index (χ0) is 15.4. The zero-order valence-electron chi connectivity index (χ0n) is 11.2. The smallest absolute Gasteiger partial charge is 0.265 e. The summed E-state index contributed by atoms with van der Waals surface area (Å²) in [5.41, 5.74) is 6.79. The minimum atomic E-state index is -0.234. The number of hydrogen-bond donors (Lipinski definition) is 3. The van der Waals surface area contributed by atoms with E-state index in [1.165, 1.54) is 18.4 Å². The first-order chi connectivity index (χ1) is 9.99. The van der Waals surface area contributed by atoms with Crippen LogP contribution in [-0.2, 0) is 0 Å². The van der Waals surface area contributed by atoms with Gasteiger partial charge in [-0.15, -0.1) is 16.4 Å². The van der Waals surface area contributed by atoms with Gasteiger partial charge in [0.15, 0.2) is 5.84 Å². The average Bonchev–Trinajstić information content (AvgIpc) is 2.91. The minimum absolute atomic E-state index is 0.118. The highest BCUT2D eigenvalue weighted by Gasteiger charge is 2.15. The number of nitrogens with one attached hydrogen (secondary N) is 1. The van der Waals surface area contributed by atoms with Crippen molar-refractivity contribution in [3.63, 3.8) is 0 Å². The van der Waals surface area contributed by atoms with Crippen LogP contribution in [0.4, 0.5) is 5.69 Å². The maximum atomic E-state index is 12.1. The highest BCUT2D eigenvalue weighted by atomic mass is 35.5. The van der Waals surface area contributed by atoms with Gasteiger partial charge in [0, 0.05) is 7.05 Å². The molecule has 1 aromatic carbocycles. The van der Waals surface area contributed by atoms with Gasteiger partial charge in [-0.25, -0.2) is 11.0 Å². The molecule has 2 rings (SSSR count). The molecule has 0 aliphatic rings. The van der Waals surface area contributed by atoms with Crippen molar-refractivity contribution in [2.24, 2.45) is 16.7 Å². The van der Waals surface area contributed by atoms with E-state index in [2.05, 4.69) is 10.4 Å². The number of amidine groups is 1. The van der Waals surface area contributed by atoms with Gasteiger partial charge in [0.2, 0.25) is 0 Å². The van der Waals surface area contributed by atoms with Crippen molar-refractivity contribution >= 4 is 40.4 Å². The van der Waals surface area contributed by atoms with Crippen molar-refractivity contribution in [3.05, 3.63) is 51.2 Å². The lowest BCUT2D eigenvalue weighted by atomic mass is 10.1. The SMILES string of the molecule is CN(N)/N=C(\N)c1c(Cl)cccc1NC(=O)c1cccs1. The van der Waals surface area contributed by atoms with Crippen LogP contribution in [0.25, 0.3) is 0 Å². The standard InChI is InChI=1S/C13H14ClN5OS/c1-19(16)18-12(15)11-8(14)4-2-5-9(11)17-13(20)10-6-3-7-21-10/h2-7H,16H2,1H3,(H2,15,18)(H,17,20). The summed E-state index contributed by atoms with van der Waals surface area (Å²) < 4.78 is 0. The summed E-state index contributed by atoms with van der Waals surface area (Å²) in [6.07, 6.45) is 0. The third-order valence-electron chi connectivity index (χ3n) is 2.53. The van der Waals surface area contributed by atoms with E-state index < -0.39 is 0 Å². The Kier molecular flexibility index (Phi) is 4.79. The fourth-order valence-electron chi connectivity index (χ4n) is 1.70. The van der Waals surface area contributed by atoms with Crippen LogP contribution in [0.15, 0.2) is 40.8 Å². The molecule has 0 unspecified atom stereocenters. The first-order valence-electron chi connectivity index (χ1n) is 5.95. The van der Waals surface area contributed by atoms with Gasteiger partial charge >= 0.3 is 0 Å². The Balaban J connectivity index is 2.36.